The van der Waals surface area contributed by atoms with Crippen molar-refractivity contribution >= 4 is 5.69 Å². The molecule has 0 heterocycles. The smallest absolute Gasteiger partial charge is 0.125 e. The number of ether oxygens (including phenoxy) is 1. The molecule has 0 bridgehead atoms. The van der Waals surface area contributed by atoms with Gasteiger partial charge in [0.25, 0.3) is 0 Å². The molecule has 0 saturated carbocycles. The monoisotopic (exact) mass is 197 g/mol. The molecule has 0 radical (unpaired) electrons. The summed E-state index contributed by atoms with van der Waals surface area (Å²) in [6.45, 7) is 4.55. The fraction of sp³-hybridized carbons (Fsp3) is 0.455. The summed E-state index contributed by atoms with van der Waals surface area (Å²) >= 11 is 0. The molecule has 1 rings (SSSR count). The summed E-state index contributed by atoms with van der Waals surface area (Å²) in [4.78, 5) is 0. The third-order valence-corrected chi connectivity index (χ3v) is 2.02. The Morgan fingerprint density at radius 3 is 2.86 bits per heavy atom. The SMILES string of the molecule is COC[C@H](C)Nc1cc(F)ccc1C. The van der Waals surface area contributed by atoms with Gasteiger partial charge in [0.2, 0.25) is 0 Å². The molecule has 0 amide bonds. The zero-order valence-electron chi connectivity index (χ0n) is 8.80. The highest BCUT2D eigenvalue weighted by atomic mass is 19.1. The van der Waals surface area contributed by atoms with Crippen LogP contribution in [0, 0.1) is 12.7 Å². The molecule has 0 aromatic heterocycles. The summed E-state index contributed by atoms with van der Waals surface area (Å²) in [5, 5.41) is 3.19. The van der Waals surface area contributed by atoms with Gasteiger partial charge in [0, 0.05) is 18.8 Å². The lowest BCUT2D eigenvalue weighted by molar-refractivity contribution is 0.190. The van der Waals surface area contributed by atoms with E-state index in [-0.39, 0.29) is 11.9 Å². The number of methoxy groups -OCH3 is 1. The molecule has 0 fully saturated rings. The van der Waals surface area contributed by atoms with Gasteiger partial charge in [0.15, 0.2) is 0 Å². The second-order valence-corrected chi connectivity index (χ2v) is 3.46. The van der Waals surface area contributed by atoms with Crippen LogP contribution >= 0.6 is 0 Å². The standard InChI is InChI=1S/C11H16FNO/c1-8-4-5-10(12)6-11(8)13-9(2)7-14-3/h4-6,9,13H,7H2,1-3H3/t9-/m0/s1. The van der Waals surface area contributed by atoms with E-state index in [1.807, 2.05) is 13.8 Å². The van der Waals surface area contributed by atoms with E-state index >= 15 is 0 Å². The second kappa shape index (κ2) is 4.96. The highest BCUT2D eigenvalue weighted by molar-refractivity contribution is 5.51. The summed E-state index contributed by atoms with van der Waals surface area (Å²) in [5.74, 6) is -0.220. The van der Waals surface area contributed by atoms with Crippen LogP contribution < -0.4 is 5.32 Å². The lowest BCUT2D eigenvalue weighted by Crippen LogP contribution is -2.21. The van der Waals surface area contributed by atoms with Crippen LogP contribution in [0.3, 0.4) is 0 Å². The summed E-state index contributed by atoms with van der Waals surface area (Å²) in [6, 6.07) is 4.90. The van der Waals surface area contributed by atoms with Gasteiger partial charge < -0.3 is 10.1 Å². The van der Waals surface area contributed by atoms with Gasteiger partial charge in [-0.2, -0.15) is 0 Å². The zero-order valence-corrected chi connectivity index (χ0v) is 8.80. The Kier molecular flexibility index (Phi) is 3.89. The third kappa shape index (κ3) is 3.00. The Morgan fingerprint density at radius 2 is 2.21 bits per heavy atom. The number of nitrogens with one attached hydrogen (secondary N) is 1. The fourth-order valence-electron chi connectivity index (χ4n) is 1.31. The van der Waals surface area contributed by atoms with Gasteiger partial charge in [-0.05, 0) is 31.5 Å². The molecule has 0 unspecified atom stereocenters. The number of aryl methyl sites for hydroxylation is 1. The minimum Gasteiger partial charge on any atom is -0.383 e. The number of hydrogen-bond acceptors (Lipinski definition) is 2. The van der Waals surface area contributed by atoms with E-state index in [1.54, 1.807) is 13.2 Å². The Labute approximate surface area is 84.1 Å². The first kappa shape index (κ1) is 11.0. The number of rotatable bonds is 4. The molecule has 0 aliphatic heterocycles. The lowest BCUT2D eigenvalue weighted by atomic mass is 10.2. The maximum atomic E-state index is 12.9. The van der Waals surface area contributed by atoms with Gasteiger partial charge in [-0.25, -0.2) is 4.39 Å². The predicted molar refractivity (Wildman–Crippen MR) is 56.1 cm³/mol. The predicted octanol–water partition coefficient (Wildman–Crippen LogP) is 2.58. The van der Waals surface area contributed by atoms with E-state index in [1.165, 1.54) is 12.1 Å². The van der Waals surface area contributed by atoms with E-state index in [0.717, 1.165) is 11.3 Å². The molecule has 1 atom stereocenters. The summed E-state index contributed by atoms with van der Waals surface area (Å²) in [5.41, 5.74) is 1.86. The van der Waals surface area contributed by atoms with Crippen molar-refractivity contribution in [3.8, 4) is 0 Å². The van der Waals surface area contributed by atoms with Gasteiger partial charge in [-0.1, -0.05) is 6.07 Å². The number of benzene rings is 1. The van der Waals surface area contributed by atoms with Crippen LogP contribution in [0.1, 0.15) is 12.5 Å². The molecule has 3 heteroatoms. The average molecular weight is 197 g/mol. The molecule has 14 heavy (non-hydrogen) atoms. The Bertz CT molecular complexity index is 301. The first-order valence-electron chi connectivity index (χ1n) is 4.65. The van der Waals surface area contributed by atoms with Crippen LogP contribution in [0.5, 0.6) is 0 Å². The molecule has 2 nitrogen and oxygen atoms in total. The zero-order chi connectivity index (χ0) is 10.6. The van der Waals surface area contributed by atoms with Crippen LogP contribution in [0.25, 0.3) is 0 Å². The van der Waals surface area contributed by atoms with Crippen molar-refractivity contribution in [2.75, 3.05) is 19.0 Å². The van der Waals surface area contributed by atoms with Crippen LogP contribution in [-0.4, -0.2) is 19.8 Å². The Hall–Kier alpha value is -1.09. The van der Waals surface area contributed by atoms with Gasteiger partial charge >= 0.3 is 0 Å². The summed E-state index contributed by atoms with van der Waals surface area (Å²) in [6.07, 6.45) is 0. The Balaban J connectivity index is 2.70. The average Bonchev–Trinajstić information content (AvgIpc) is 2.12. The number of halogens is 1. The molecule has 0 spiro atoms. The van der Waals surface area contributed by atoms with Crippen molar-refractivity contribution in [1.82, 2.24) is 0 Å². The van der Waals surface area contributed by atoms with E-state index in [0.29, 0.717) is 6.61 Å². The van der Waals surface area contributed by atoms with Gasteiger partial charge in [0.1, 0.15) is 5.82 Å². The molecule has 0 aliphatic rings. The first-order chi connectivity index (χ1) is 6.63. The normalized spacial score (nSPS) is 12.6. The van der Waals surface area contributed by atoms with Gasteiger partial charge in [-0.15, -0.1) is 0 Å². The summed E-state index contributed by atoms with van der Waals surface area (Å²) < 4.78 is 17.9. The second-order valence-electron chi connectivity index (χ2n) is 3.46. The van der Waals surface area contributed by atoms with E-state index in [2.05, 4.69) is 5.32 Å². The third-order valence-electron chi connectivity index (χ3n) is 2.02. The molecule has 78 valence electrons. The van der Waals surface area contributed by atoms with Crippen LogP contribution in [0.2, 0.25) is 0 Å². The molecule has 1 aromatic carbocycles. The minimum absolute atomic E-state index is 0.181. The van der Waals surface area contributed by atoms with Crippen molar-refractivity contribution in [3.05, 3.63) is 29.6 Å². The molecular weight excluding hydrogens is 181 g/mol. The summed E-state index contributed by atoms with van der Waals surface area (Å²) in [7, 11) is 1.65. The molecular formula is C11H16FNO. The minimum atomic E-state index is -0.220. The van der Waals surface area contributed by atoms with E-state index in [4.69, 9.17) is 4.74 Å². The molecule has 1 N–H and O–H groups in total. The quantitative estimate of drug-likeness (QED) is 0.801. The van der Waals surface area contributed by atoms with Crippen molar-refractivity contribution in [2.24, 2.45) is 0 Å². The fourth-order valence-corrected chi connectivity index (χ4v) is 1.31. The van der Waals surface area contributed by atoms with Crippen LogP contribution in [-0.2, 0) is 4.74 Å². The number of hydrogen-bond donors (Lipinski definition) is 1. The molecule has 0 saturated heterocycles. The van der Waals surface area contributed by atoms with Crippen molar-refractivity contribution in [2.45, 2.75) is 19.9 Å². The van der Waals surface area contributed by atoms with Crippen molar-refractivity contribution in [1.29, 1.82) is 0 Å². The molecule has 0 aliphatic carbocycles. The van der Waals surface area contributed by atoms with Crippen LogP contribution in [0.15, 0.2) is 18.2 Å². The van der Waals surface area contributed by atoms with Crippen LogP contribution in [0.4, 0.5) is 10.1 Å². The van der Waals surface area contributed by atoms with Crippen molar-refractivity contribution < 1.29 is 9.13 Å². The van der Waals surface area contributed by atoms with E-state index in [9.17, 15) is 4.39 Å². The highest BCUT2D eigenvalue weighted by Crippen LogP contribution is 2.16. The van der Waals surface area contributed by atoms with Crippen molar-refractivity contribution in [3.63, 3.8) is 0 Å². The maximum Gasteiger partial charge on any atom is 0.125 e. The first-order valence-corrected chi connectivity index (χ1v) is 4.65. The van der Waals surface area contributed by atoms with Gasteiger partial charge in [-0.3, -0.25) is 0 Å². The van der Waals surface area contributed by atoms with Gasteiger partial charge in [0.05, 0.1) is 6.61 Å². The largest absolute Gasteiger partial charge is 0.383 e. The number of anilines is 1. The maximum absolute atomic E-state index is 12.9. The Morgan fingerprint density at radius 1 is 1.50 bits per heavy atom. The highest BCUT2D eigenvalue weighted by Gasteiger charge is 2.04. The topological polar surface area (TPSA) is 21.3 Å². The molecule has 1 aromatic rings. The lowest BCUT2D eigenvalue weighted by Gasteiger charge is -2.16. The van der Waals surface area contributed by atoms with E-state index < -0.39 is 0 Å².